The van der Waals surface area contributed by atoms with Gasteiger partial charge >= 0.3 is 11.9 Å². The Kier molecular flexibility index (Phi) is 6.42. The highest BCUT2D eigenvalue weighted by molar-refractivity contribution is 5.82. The summed E-state index contributed by atoms with van der Waals surface area (Å²) < 4.78 is 9.72. The molecule has 0 aromatic carbocycles. The number of esters is 2. The van der Waals surface area contributed by atoms with E-state index in [2.05, 4.69) is 0 Å². The molecule has 0 rings (SSSR count). The molecule has 4 heteroatoms. The SMILES string of the molecule is CCOC(=O)/C=C/C(OC(C)=O)C(C)C. The second-order valence-corrected chi connectivity index (χ2v) is 3.43. The average Bonchev–Trinajstić information content (AvgIpc) is 2.11. The van der Waals surface area contributed by atoms with Crippen molar-refractivity contribution < 1.29 is 19.1 Å². The van der Waals surface area contributed by atoms with Crippen LogP contribution < -0.4 is 0 Å². The molecule has 0 fully saturated rings. The molecule has 1 unspecified atom stereocenters. The molecule has 0 amide bonds. The van der Waals surface area contributed by atoms with Gasteiger partial charge in [-0.3, -0.25) is 4.79 Å². The predicted molar refractivity (Wildman–Crippen MR) is 56.2 cm³/mol. The maximum absolute atomic E-state index is 11.0. The summed E-state index contributed by atoms with van der Waals surface area (Å²) in [6.45, 7) is 7.22. The maximum Gasteiger partial charge on any atom is 0.330 e. The Hall–Kier alpha value is -1.32. The second-order valence-electron chi connectivity index (χ2n) is 3.43. The number of carbonyl (C=O) groups is 2. The highest BCUT2D eigenvalue weighted by atomic mass is 16.5. The molecule has 0 heterocycles. The highest BCUT2D eigenvalue weighted by Crippen LogP contribution is 2.08. The van der Waals surface area contributed by atoms with E-state index in [0.717, 1.165) is 0 Å². The van der Waals surface area contributed by atoms with Crippen LogP contribution in [0.5, 0.6) is 0 Å². The molecule has 0 aromatic heterocycles. The number of carbonyl (C=O) groups excluding carboxylic acids is 2. The first-order valence-corrected chi connectivity index (χ1v) is 4.99. The number of rotatable bonds is 5. The number of hydrogen-bond acceptors (Lipinski definition) is 4. The largest absolute Gasteiger partial charge is 0.463 e. The molecule has 0 spiro atoms. The van der Waals surface area contributed by atoms with E-state index in [4.69, 9.17) is 9.47 Å². The van der Waals surface area contributed by atoms with E-state index in [1.165, 1.54) is 13.0 Å². The Balaban J connectivity index is 4.27. The first-order chi connectivity index (χ1) is 6.97. The van der Waals surface area contributed by atoms with Crippen molar-refractivity contribution >= 4 is 11.9 Å². The topological polar surface area (TPSA) is 52.6 Å². The number of ether oxygens (including phenoxy) is 2. The van der Waals surface area contributed by atoms with Crippen LogP contribution in [-0.2, 0) is 19.1 Å². The third kappa shape index (κ3) is 6.71. The van der Waals surface area contributed by atoms with Gasteiger partial charge in [0, 0.05) is 13.0 Å². The van der Waals surface area contributed by atoms with E-state index in [9.17, 15) is 9.59 Å². The second kappa shape index (κ2) is 7.04. The predicted octanol–water partition coefficient (Wildman–Crippen LogP) is 1.69. The summed E-state index contributed by atoms with van der Waals surface area (Å²) in [6.07, 6.45) is 2.45. The molecule has 4 nitrogen and oxygen atoms in total. The zero-order valence-corrected chi connectivity index (χ0v) is 9.65. The Bertz CT molecular complexity index is 243. The van der Waals surface area contributed by atoms with Crippen molar-refractivity contribution in [2.24, 2.45) is 5.92 Å². The van der Waals surface area contributed by atoms with Gasteiger partial charge in [-0.2, -0.15) is 0 Å². The molecular weight excluding hydrogens is 196 g/mol. The summed E-state index contributed by atoms with van der Waals surface area (Å²) in [4.78, 5) is 21.8. The van der Waals surface area contributed by atoms with Gasteiger partial charge in [0.25, 0.3) is 0 Å². The fraction of sp³-hybridized carbons (Fsp3) is 0.636. The van der Waals surface area contributed by atoms with Crippen molar-refractivity contribution in [3.63, 3.8) is 0 Å². The molecule has 86 valence electrons. The van der Waals surface area contributed by atoms with E-state index in [1.807, 2.05) is 13.8 Å². The fourth-order valence-corrected chi connectivity index (χ4v) is 0.953. The zero-order valence-electron chi connectivity index (χ0n) is 9.65. The summed E-state index contributed by atoms with van der Waals surface area (Å²) in [7, 11) is 0. The van der Waals surface area contributed by atoms with Gasteiger partial charge in [-0.1, -0.05) is 13.8 Å². The van der Waals surface area contributed by atoms with Gasteiger partial charge in [-0.05, 0) is 18.9 Å². The van der Waals surface area contributed by atoms with Gasteiger partial charge in [0.05, 0.1) is 6.61 Å². The van der Waals surface area contributed by atoms with E-state index in [0.29, 0.717) is 6.61 Å². The summed E-state index contributed by atoms with van der Waals surface area (Å²) in [5.74, 6) is -0.655. The van der Waals surface area contributed by atoms with Gasteiger partial charge in [0.1, 0.15) is 6.10 Å². The first kappa shape index (κ1) is 13.7. The van der Waals surface area contributed by atoms with Crippen LogP contribution in [0.3, 0.4) is 0 Å². The first-order valence-electron chi connectivity index (χ1n) is 4.99. The quantitative estimate of drug-likeness (QED) is 0.516. The van der Waals surface area contributed by atoms with Crippen LogP contribution in [-0.4, -0.2) is 24.6 Å². The lowest BCUT2D eigenvalue weighted by Gasteiger charge is -2.16. The molecule has 0 radical (unpaired) electrons. The summed E-state index contributed by atoms with van der Waals surface area (Å²) >= 11 is 0. The van der Waals surface area contributed by atoms with Crippen molar-refractivity contribution in [1.82, 2.24) is 0 Å². The smallest absolute Gasteiger partial charge is 0.330 e. The van der Waals surface area contributed by atoms with Crippen LogP contribution in [0.2, 0.25) is 0 Å². The summed E-state index contributed by atoms with van der Waals surface area (Å²) in [6, 6.07) is 0. The third-order valence-electron chi connectivity index (χ3n) is 1.67. The lowest BCUT2D eigenvalue weighted by molar-refractivity contribution is -0.146. The van der Waals surface area contributed by atoms with Gasteiger partial charge in [0.2, 0.25) is 0 Å². The van der Waals surface area contributed by atoms with Crippen LogP contribution >= 0.6 is 0 Å². The van der Waals surface area contributed by atoms with Crippen LogP contribution in [0.15, 0.2) is 12.2 Å². The van der Waals surface area contributed by atoms with Gasteiger partial charge < -0.3 is 9.47 Å². The van der Waals surface area contributed by atoms with Crippen molar-refractivity contribution in [1.29, 1.82) is 0 Å². The monoisotopic (exact) mass is 214 g/mol. The molecule has 0 saturated heterocycles. The van der Waals surface area contributed by atoms with Crippen molar-refractivity contribution in [2.75, 3.05) is 6.61 Å². The molecule has 15 heavy (non-hydrogen) atoms. The van der Waals surface area contributed by atoms with E-state index >= 15 is 0 Å². The molecule has 0 aliphatic rings. The van der Waals surface area contributed by atoms with Crippen molar-refractivity contribution in [2.45, 2.75) is 33.8 Å². The van der Waals surface area contributed by atoms with Crippen LogP contribution in [0, 0.1) is 5.92 Å². The fourth-order valence-electron chi connectivity index (χ4n) is 0.953. The van der Waals surface area contributed by atoms with Crippen LogP contribution in [0.25, 0.3) is 0 Å². The molecule has 0 N–H and O–H groups in total. The Morgan fingerprint density at radius 1 is 1.33 bits per heavy atom. The molecule has 0 bridgehead atoms. The van der Waals surface area contributed by atoms with Crippen LogP contribution in [0.1, 0.15) is 27.7 Å². The van der Waals surface area contributed by atoms with Gasteiger partial charge in [-0.15, -0.1) is 0 Å². The average molecular weight is 214 g/mol. The molecule has 0 aliphatic carbocycles. The van der Waals surface area contributed by atoms with Crippen LogP contribution in [0.4, 0.5) is 0 Å². The standard InChI is InChI=1S/C11H18O4/c1-5-14-11(13)7-6-10(8(2)3)15-9(4)12/h6-8,10H,5H2,1-4H3/b7-6+. The van der Waals surface area contributed by atoms with Gasteiger partial charge in [-0.25, -0.2) is 4.79 Å². The maximum atomic E-state index is 11.0. The summed E-state index contributed by atoms with van der Waals surface area (Å²) in [5.41, 5.74) is 0. The van der Waals surface area contributed by atoms with Crippen molar-refractivity contribution in [3.8, 4) is 0 Å². The zero-order chi connectivity index (χ0) is 11.8. The van der Waals surface area contributed by atoms with E-state index < -0.39 is 5.97 Å². The van der Waals surface area contributed by atoms with Crippen molar-refractivity contribution in [3.05, 3.63) is 12.2 Å². The van der Waals surface area contributed by atoms with E-state index in [1.54, 1.807) is 13.0 Å². The van der Waals surface area contributed by atoms with Gasteiger partial charge in [0.15, 0.2) is 0 Å². The Labute approximate surface area is 90.2 Å². The Morgan fingerprint density at radius 3 is 2.33 bits per heavy atom. The minimum Gasteiger partial charge on any atom is -0.463 e. The highest BCUT2D eigenvalue weighted by Gasteiger charge is 2.13. The lowest BCUT2D eigenvalue weighted by Crippen LogP contribution is -2.20. The third-order valence-corrected chi connectivity index (χ3v) is 1.67. The molecule has 0 saturated carbocycles. The Morgan fingerprint density at radius 2 is 1.93 bits per heavy atom. The normalized spacial score (nSPS) is 12.9. The minimum atomic E-state index is -0.421. The molecule has 0 aliphatic heterocycles. The minimum absolute atomic E-state index is 0.125. The van der Waals surface area contributed by atoms with E-state index in [-0.39, 0.29) is 18.0 Å². The molecule has 0 aromatic rings. The lowest BCUT2D eigenvalue weighted by atomic mass is 10.1. The molecule has 1 atom stereocenters. The summed E-state index contributed by atoms with van der Waals surface area (Å²) in [5, 5.41) is 0. The molecular formula is C11H18O4. The number of hydrogen-bond donors (Lipinski definition) is 0.